The summed E-state index contributed by atoms with van der Waals surface area (Å²) in [6.07, 6.45) is 1.99. The molecule has 5 saturated heterocycles. The van der Waals surface area contributed by atoms with E-state index in [4.69, 9.17) is 40.4 Å². The molecule has 0 radical (unpaired) electrons. The van der Waals surface area contributed by atoms with Gasteiger partial charge in [-0.05, 0) is 168 Å². The topological polar surface area (TPSA) is 134 Å². The highest BCUT2D eigenvalue weighted by Crippen LogP contribution is 2.43. The molecule has 11 rings (SSSR count). The number of alkyl halides is 3. The Morgan fingerprint density at radius 3 is 1.65 bits per heavy atom. The SMILES string of the molecule is CC[C@@H]1CCN(C(=O)Nc2cc(-c3cc(C4CC4)nc(N4CCOCC4)c3)c(C)cc2F)C1.Cc1cc(F)c(NC(=O)N2CC[C@@H](CC(F)(F)F)C2)cc1B1OC(C)(C)C(C)(C)O1.Clc1cc(C2CC2)nc(N2CCOCC2)c1. The molecule has 2 aliphatic carbocycles. The van der Waals surface area contributed by atoms with Crippen LogP contribution in [0.4, 0.5) is 54.6 Å². The van der Waals surface area contributed by atoms with Crippen molar-refractivity contribution in [2.75, 3.05) is 99.2 Å². The number of halogens is 6. The van der Waals surface area contributed by atoms with Crippen molar-refractivity contribution in [1.29, 1.82) is 0 Å². The van der Waals surface area contributed by atoms with E-state index >= 15 is 0 Å². The maximum absolute atomic E-state index is 14.9. The van der Waals surface area contributed by atoms with Crippen molar-refractivity contribution in [2.45, 2.75) is 129 Å². The summed E-state index contributed by atoms with van der Waals surface area (Å²) in [6, 6.07) is 13.4. The number of amides is 4. The van der Waals surface area contributed by atoms with Crippen molar-refractivity contribution in [3.05, 3.63) is 87.7 Å². The minimum atomic E-state index is -4.27. The Morgan fingerprint density at radius 1 is 0.658 bits per heavy atom. The van der Waals surface area contributed by atoms with E-state index in [9.17, 15) is 31.5 Å². The first-order valence-electron chi connectivity index (χ1n) is 28.0. The maximum atomic E-state index is 14.9. The Labute approximate surface area is 466 Å². The zero-order valence-corrected chi connectivity index (χ0v) is 47.3. The van der Waals surface area contributed by atoms with E-state index in [-0.39, 0.29) is 36.9 Å². The van der Waals surface area contributed by atoms with Gasteiger partial charge in [-0.3, -0.25) is 0 Å². The molecule has 0 bridgehead atoms. The zero-order valence-electron chi connectivity index (χ0n) is 46.5. The fourth-order valence-corrected chi connectivity index (χ4v) is 10.8. The predicted molar refractivity (Wildman–Crippen MR) is 299 cm³/mol. The molecule has 7 fully saturated rings. The van der Waals surface area contributed by atoms with Crippen LogP contribution in [-0.4, -0.2) is 135 Å². The molecule has 5 aliphatic heterocycles. The van der Waals surface area contributed by atoms with Crippen LogP contribution >= 0.6 is 11.6 Å². The minimum absolute atomic E-state index is 0.0110. The van der Waals surface area contributed by atoms with Crippen molar-refractivity contribution in [1.82, 2.24) is 19.8 Å². The maximum Gasteiger partial charge on any atom is 0.495 e. The molecule has 2 saturated carbocycles. The Balaban J connectivity index is 0.000000152. The summed E-state index contributed by atoms with van der Waals surface area (Å²) < 4.78 is 90.0. The largest absolute Gasteiger partial charge is 0.495 e. The van der Waals surface area contributed by atoms with Crippen LogP contribution in [0.2, 0.25) is 5.02 Å². The van der Waals surface area contributed by atoms with Gasteiger partial charge in [0.05, 0.1) is 49.0 Å². The lowest BCUT2D eigenvalue weighted by molar-refractivity contribution is -0.143. The second kappa shape index (κ2) is 24.4. The number of rotatable bonds is 10. The molecule has 0 unspecified atom stereocenters. The van der Waals surface area contributed by atoms with Crippen LogP contribution < -0.4 is 25.9 Å². The highest BCUT2D eigenvalue weighted by atomic mass is 35.5. The summed E-state index contributed by atoms with van der Waals surface area (Å²) in [4.78, 5) is 42.5. The molecule has 4 aromatic rings. The number of carbonyl (C=O) groups excluding carboxylic acids is 2. The van der Waals surface area contributed by atoms with Gasteiger partial charge in [0, 0.05) is 87.0 Å². The zero-order chi connectivity index (χ0) is 56.4. The van der Waals surface area contributed by atoms with E-state index in [1.807, 2.05) is 46.8 Å². The molecule has 7 aliphatic rings. The summed E-state index contributed by atoms with van der Waals surface area (Å²) in [5.41, 5.74) is 5.27. The summed E-state index contributed by atoms with van der Waals surface area (Å²) in [5, 5.41) is 6.12. The van der Waals surface area contributed by atoms with Gasteiger partial charge < -0.3 is 49.0 Å². The molecular formula is C58H75BClF5N8O6. The van der Waals surface area contributed by atoms with Crippen molar-refractivity contribution in [3.8, 4) is 11.1 Å². The van der Waals surface area contributed by atoms with E-state index in [1.54, 1.807) is 17.9 Å². The smallest absolute Gasteiger partial charge is 0.399 e. The lowest BCUT2D eigenvalue weighted by atomic mass is 9.76. The number of ether oxygens (including phenoxy) is 2. The molecule has 21 heteroatoms. The van der Waals surface area contributed by atoms with Crippen LogP contribution in [0.5, 0.6) is 0 Å². The van der Waals surface area contributed by atoms with Crippen LogP contribution in [0.25, 0.3) is 11.1 Å². The van der Waals surface area contributed by atoms with Gasteiger partial charge in [0.2, 0.25) is 0 Å². The number of benzene rings is 2. The first-order valence-corrected chi connectivity index (χ1v) is 28.4. The molecule has 428 valence electrons. The summed E-state index contributed by atoms with van der Waals surface area (Å²) in [7, 11) is -0.728. The van der Waals surface area contributed by atoms with Crippen LogP contribution in [0.3, 0.4) is 0 Å². The van der Waals surface area contributed by atoms with Crippen LogP contribution in [0.15, 0.2) is 48.5 Å². The van der Waals surface area contributed by atoms with Gasteiger partial charge in [-0.1, -0.05) is 24.9 Å². The molecular weight excluding hydrogens is 1050 g/mol. The standard InChI is InChI=1S/C26H33FN4O2.C20H27BF4N2O3.C12H15ClN2O/c1-3-18-6-7-31(16-18)26(32)29-24-15-21(17(2)12-22(24)27)20-13-23(19-4-5-19)28-25(14-20)30-8-10-33-11-9-30;1-12-8-15(22)16(9-14(12)21-29-18(2,3)19(4,5)30-21)26-17(28)27-7-6-13(11-27)10-20(23,24)25;13-10-7-11(9-1-2-9)14-12(8-10)15-3-5-16-6-4-15/h12-15,18-19H,3-11,16H2,1-2H3,(H,29,32);8-9,13H,6-7,10-11H2,1-5H3,(H,26,28);7-9H,1-6H2/t18-;13-;/m10./s1. The first-order chi connectivity index (χ1) is 37.5. The number of hydrogen-bond donors (Lipinski definition) is 2. The van der Waals surface area contributed by atoms with Gasteiger partial charge in [-0.2, -0.15) is 13.2 Å². The Kier molecular flexibility index (Phi) is 18.1. The molecule has 79 heavy (non-hydrogen) atoms. The lowest BCUT2D eigenvalue weighted by Crippen LogP contribution is -2.41. The molecule has 2 N–H and O–H groups in total. The number of hydrogen-bond acceptors (Lipinski definition) is 10. The Bertz CT molecular complexity index is 2810. The molecule has 2 aromatic heterocycles. The Morgan fingerprint density at radius 2 is 1.14 bits per heavy atom. The highest BCUT2D eigenvalue weighted by molar-refractivity contribution is 6.62. The van der Waals surface area contributed by atoms with Crippen LogP contribution in [-0.2, 0) is 18.8 Å². The van der Waals surface area contributed by atoms with E-state index in [0.717, 1.165) is 123 Å². The van der Waals surface area contributed by atoms with E-state index in [2.05, 4.69) is 39.5 Å². The van der Waals surface area contributed by atoms with Crippen LogP contribution in [0.1, 0.15) is 120 Å². The fraction of sp³-hybridized carbons (Fsp3) is 0.586. The first kappa shape index (κ1) is 58.4. The van der Waals surface area contributed by atoms with E-state index in [1.165, 1.54) is 35.9 Å². The third-order valence-corrected chi connectivity index (χ3v) is 16.7. The normalized spacial score (nSPS) is 21.8. The second-order valence-corrected chi connectivity index (χ2v) is 23.6. The molecule has 7 heterocycles. The van der Waals surface area contributed by atoms with E-state index < -0.39 is 54.5 Å². The fourth-order valence-electron chi connectivity index (χ4n) is 10.6. The summed E-state index contributed by atoms with van der Waals surface area (Å²) >= 11 is 6.14. The average molecular weight is 1120 g/mol. The number of morpholine rings is 2. The average Bonchev–Trinajstić information content (AvgIpc) is 4.43. The lowest BCUT2D eigenvalue weighted by Gasteiger charge is -2.32. The number of nitrogens with zero attached hydrogens (tertiary/aromatic N) is 6. The molecule has 14 nitrogen and oxygen atoms in total. The van der Waals surface area contributed by atoms with Crippen molar-refractivity contribution >= 4 is 59.3 Å². The van der Waals surface area contributed by atoms with Gasteiger partial charge in [0.1, 0.15) is 23.3 Å². The number of urea groups is 2. The molecule has 2 atom stereocenters. The van der Waals surface area contributed by atoms with Crippen molar-refractivity contribution in [3.63, 3.8) is 0 Å². The molecule has 0 spiro atoms. The number of aromatic nitrogens is 2. The van der Waals surface area contributed by atoms with Crippen LogP contribution in [0, 0.1) is 37.3 Å². The number of carbonyl (C=O) groups is 2. The van der Waals surface area contributed by atoms with Gasteiger partial charge in [-0.25, -0.2) is 28.3 Å². The Hall–Kier alpha value is -5.28. The van der Waals surface area contributed by atoms with Gasteiger partial charge in [0.15, 0.2) is 0 Å². The second-order valence-electron chi connectivity index (χ2n) is 23.2. The van der Waals surface area contributed by atoms with E-state index in [0.29, 0.717) is 42.0 Å². The van der Waals surface area contributed by atoms with Gasteiger partial charge in [0.25, 0.3) is 0 Å². The summed E-state index contributed by atoms with van der Waals surface area (Å²) in [5.74, 6) is 1.98. The third-order valence-electron chi connectivity index (χ3n) is 16.5. The number of likely N-dealkylation sites (tertiary alicyclic amines) is 2. The van der Waals surface area contributed by atoms with Gasteiger partial charge in [-0.15, -0.1) is 0 Å². The quantitative estimate of drug-likeness (QED) is 0.117. The number of anilines is 4. The molecule has 4 amide bonds. The predicted octanol–water partition coefficient (Wildman–Crippen LogP) is 11.9. The molecule has 2 aromatic carbocycles. The number of nitrogens with one attached hydrogen (secondary N) is 2. The summed E-state index contributed by atoms with van der Waals surface area (Å²) in [6.45, 7) is 21.5. The van der Waals surface area contributed by atoms with Crippen molar-refractivity contribution < 1.29 is 50.3 Å². The third kappa shape index (κ3) is 14.8. The van der Waals surface area contributed by atoms with Crippen molar-refractivity contribution in [2.24, 2.45) is 11.8 Å². The number of pyridine rings is 2. The highest BCUT2D eigenvalue weighted by Gasteiger charge is 2.52. The van der Waals surface area contributed by atoms with Gasteiger partial charge >= 0.3 is 25.4 Å². The monoisotopic (exact) mass is 1120 g/mol. The number of aryl methyl sites for hydroxylation is 2. The minimum Gasteiger partial charge on any atom is -0.399 e.